The summed E-state index contributed by atoms with van der Waals surface area (Å²) >= 11 is 0. The summed E-state index contributed by atoms with van der Waals surface area (Å²) in [6.07, 6.45) is -4.58. The predicted molar refractivity (Wildman–Crippen MR) is 75.2 cm³/mol. The summed E-state index contributed by atoms with van der Waals surface area (Å²) in [6, 6.07) is 4.02. The molecular weight excluding hydrogens is 298 g/mol. The third-order valence-corrected chi connectivity index (χ3v) is 3.65. The van der Waals surface area contributed by atoms with Crippen LogP contribution in [0.3, 0.4) is 0 Å². The zero-order chi connectivity index (χ0) is 17.3. The van der Waals surface area contributed by atoms with Gasteiger partial charge in [0, 0.05) is 5.46 Å². The molecule has 1 rings (SSSR count). The van der Waals surface area contributed by atoms with Crippen LogP contribution in [0.25, 0.3) is 0 Å². The van der Waals surface area contributed by atoms with Crippen molar-refractivity contribution in [1.29, 1.82) is 5.26 Å². The number of hydrogen-bond donors (Lipinski definition) is 2. The molecule has 120 valence electrons. The Morgan fingerprint density at radius 1 is 1.18 bits per heavy atom. The Bertz CT molecular complexity index is 588. The highest BCUT2D eigenvalue weighted by Crippen LogP contribution is 2.30. The summed E-state index contributed by atoms with van der Waals surface area (Å²) in [4.78, 5) is 0. The summed E-state index contributed by atoms with van der Waals surface area (Å²) < 4.78 is 43.2. The lowest BCUT2D eigenvalue weighted by Crippen LogP contribution is -2.53. The summed E-state index contributed by atoms with van der Waals surface area (Å²) in [7, 11) is -1.64. The average molecular weight is 315 g/mol. The molecule has 0 atom stereocenters. The molecule has 0 spiro atoms. The molecule has 1 aromatic rings. The van der Waals surface area contributed by atoms with Gasteiger partial charge in [0.15, 0.2) is 0 Å². The first kappa shape index (κ1) is 18.5. The van der Waals surface area contributed by atoms with E-state index in [0.717, 1.165) is 12.1 Å². The molecule has 0 amide bonds. The molecular formula is C14H17BF3NO3. The van der Waals surface area contributed by atoms with Gasteiger partial charge < -0.3 is 14.8 Å². The van der Waals surface area contributed by atoms with Gasteiger partial charge in [-0.05, 0) is 33.8 Å². The molecule has 0 aliphatic heterocycles. The van der Waals surface area contributed by atoms with Crippen molar-refractivity contribution in [2.24, 2.45) is 0 Å². The third-order valence-electron chi connectivity index (χ3n) is 3.65. The summed E-state index contributed by atoms with van der Waals surface area (Å²) in [5.41, 5.74) is -3.92. The Balaban J connectivity index is 3.15. The fraction of sp³-hybridized carbons (Fsp3) is 0.500. The van der Waals surface area contributed by atoms with E-state index in [9.17, 15) is 23.3 Å². The molecule has 4 nitrogen and oxygen atoms in total. The number of alkyl halides is 3. The lowest BCUT2D eigenvalue weighted by Gasteiger charge is -2.38. The fourth-order valence-electron chi connectivity index (χ4n) is 1.53. The molecule has 0 aliphatic carbocycles. The maximum absolute atomic E-state index is 12.6. The van der Waals surface area contributed by atoms with Crippen LogP contribution in [0.4, 0.5) is 13.2 Å². The first-order chi connectivity index (χ1) is 9.79. The van der Waals surface area contributed by atoms with Gasteiger partial charge in [0.05, 0.1) is 28.4 Å². The van der Waals surface area contributed by atoms with Crippen LogP contribution < -0.4 is 5.46 Å². The molecule has 0 bridgehead atoms. The number of benzene rings is 1. The van der Waals surface area contributed by atoms with Crippen molar-refractivity contribution in [2.45, 2.75) is 45.1 Å². The van der Waals surface area contributed by atoms with E-state index in [-0.39, 0.29) is 11.0 Å². The molecule has 0 heterocycles. The van der Waals surface area contributed by atoms with Crippen molar-refractivity contribution in [2.75, 3.05) is 0 Å². The second kappa shape index (κ2) is 5.91. The van der Waals surface area contributed by atoms with Crippen LogP contribution in [-0.2, 0) is 10.8 Å². The molecule has 0 unspecified atom stereocenters. The van der Waals surface area contributed by atoms with Gasteiger partial charge in [-0.2, -0.15) is 18.4 Å². The Kier molecular flexibility index (Phi) is 4.97. The zero-order valence-corrected chi connectivity index (χ0v) is 12.7. The van der Waals surface area contributed by atoms with Crippen LogP contribution in [0.15, 0.2) is 18.2 Å². The van der Waals surface area contributed by atoms with Gasteiger partial charge in [0.2, 0.25) is 0 Å². The van der Waals surface area contributed by atoms with Gasteiger partial charge >= 0.3 is 13.3 Å². The van der Waals surface area contributed by atoms with E-state index in [0.29, 0.717) is 6.07 Å². The monoisotopic (exact) mass is 315 g/mol. The van der Waals surface area contributed by atoms with Crippen molar-refractivity contribution in [3.05, 3.63) is 29.3 Å². The van der Waals surface area contributed by atoms with E-state index in [1.165, 1.54) is 27.7 Å². The number of hydrogen-bond acceptors (Lipinski definition) is 4. The van der Waals surface area contributed by atoms with Gasteiger partial charge in [-0.3, -0.25) is 0 Å². The topological polar surface area (TPSA) is 73.5 Å². The van der Waals surface area contributed by atoms with E-state index in [1.54, 1.807) is 6.07 Å². The smallest absolute Gasteiger partial charge is 0.423 e. The Labute approximate surface area is 127 Å². The van der Waals surface area contributed by atoms with Crippen molar-refractivity contribution in [3.8, 4) is 6.07 Å². The van der Waals surface area contributed by atoms with Crippen LogP contribution in [-0.4, -0.2) is 28.5 Å². The minimum absolute atomic E-state index is 0.0900. The van der Waals surface area contributed by atoms with Crippen molar-refractivity contribution >= 4 is 12.6 Å². The van der Waals surface area contributed by atoms with Gasteiger partial charge in [-0.15, -0.1) is 0 Å². The van der Waals surface area contributed by atoms with Crippen molar-refractivity contribution in [1.82, 2.24) is 0 Å². The molecule has 0 saturated heterocycles. The second-order valence-corrected chi connectivity index (χ2v) is 5.95. The number of nitrogens with zero attached hydrogens (tertiary/aromatic N) is 1. The van der Waals surface area contributed by atoms with Crippen LogP contribution in [0.1, 0.15) is 38.8 Å². The number of rotatable bonds is 4. The minimum atomic E-state index is -4.58. The lowest BCUT2D eigenvalue weighted by molar-refractivity contribution is -0.137. The summed E-state index contributed by atoms with van der Waals surface area (Å²) in [5.74, 6) is 0. The molecule has 0 aromatic heterocycles. The summed E-state index contributed by atoms with van der Waals surface area (Å²) in [6.45, 7) is 5.98. The molecule has 1 aromatic carbocycles. The van der Waals surface area contributed by atoms with E-state index >= 15 is 0 Å². The van der Waals surface area contributed by atoms with Gasteiger partial charge in [-0.25, -0.2) is 0 Å². The van der Waals surface area contributed by atoms with Crippen LogP contribution in [0.5, 0.6) is 0 Å². The van der Waals surface area contributed by atoms with E-state index in [4.69, 9.17) is 9.92 Å². The molecule has 2 N–H and O–H groups in total. The molecule has 0 fully saturated rings. The fourth-order valence-corrected chi connectivity index (χ4v) is 1.53. The van der Waals surface area contributed by atoms with Crippen molar-refractivity contribution in [3.63, 3.8) is 0 Å². The van der Waals surface area contributed by atoms with Crippen LogP contribution in [0, 0.1) is 11.3 Å². The van der Waals surface area contributed by atoms with Gasteiger partial charge in [0.1, 0.15) is 0 Å². The van der Waals surface area contributed by atoms with E-state index < -0.39 is 30.1 Å². The predicted octanol–water partition coefficient (Wildman–Crippen LogP) is 1.83. The molecule has 22 heavy (non-hydrogen) atoms. The molecule has 0 radical (unpaired) electrons. The highest BCUT2D eigenvalue weighted by Gasteiger charge is 2.40. The third kappa shape index (κ3) is 4.00. The first-order valence-corrected chi connectivity index (χ1v) is 6.49. The maximum atomic E-state index is 12.6. The standard InChI is InChI=1S/C14H17BF3NO3/c1-12(2,20)13(3,4)22-15(21)11-6-5-10(14(16,17)18)7-9(11)8-19/h5-7,20-21H,1-4H3. The molecule has 0 saturated carbocycles. The minimum Gasteiger partial charge on any atom is -0.423 e. The highest BCUT2D eigenvalue weighted by atomic mass is 19.4. The zero-order valence-electron chi connectivity index (χ0n) is 12.7. The van der Waals surface area contributed by atoms with Gasteiger partial charge in [0.25, 0.3) is 0 Å². The van der Waals surface area contributed by atoms with E-state index in [2.05, 4.69) is 0 Å². The Morgan fingerprint density at radius 3 is 2.14 bits per heavy atom. The SMILES string of the molecule is CC(C)(O)C(C)(C)OB(O)c1ccc(C(F)(F)F)cc1C#N. The molecule has 8 heteroatoms. The van der Waals surface area contributed by atoms with Gasteiger partial charge in [-0.1, -0.05) is 12.1 Å². The van der Waals surface area contributed by atoms with Crippen LogP contribution >= 0.6 is 0 Å². The second-order valence-electron chi connectivity index (χ2n) is 5.95. The Morgan fingerprint density at radius 2 is 1.73 bits per heavy atom. The number of halogens is 3. The average Bonchev–Trinajstić information content (AvgIpc) is 2.34. The van der Waals surface area contributed by atoms with E-state index in [1.807, 2.05) is 0 Å². The largest absolute Gasteiger partial charge is 0.492 e. The van der Waals surface area contributed by atoms with Crippen LogP contribution in [0.2, 0.25) is 0 Å². The van der Waals surface area contributed by atoms with Crippen molar-refractivity contribution < 1.29 is 28.0 Å². The highest BCUT2D eigenvalue weighted by molar-refractivity contribution is 6.60. The quantitative estimate of drug-likeness (QED) is 0.832. The Hall–Kier alpha value is -1.56. The summed E-state index contributed by atoms with van der Waals surface area (Å²) in [5, 5.41) is 29.0. The number of aliphatic hydroxyl groups is 1. The lowest BCUT2D eigenvalue weighted by atomic mass is 9.74. The number of nitriles is 1. The molecule has 0 aliphatic rings. The first-order valence-electron chi connectivity index (χ1n) is 6.49. The normalized spacial score (nSPS) is 12.9. The maximum Gasteiger partial charge on any atom is 0.492 e.